The summed E-state index contributed by atoms with van der Waals surface area (Å²) in [6, 6.07) is 7.17. The summed E-state index contributed by atoms with van der Waals surface area (Å²) in [5, 5.41) is 0. The lowest BCUT2D eigenvalue weighted by Crippen LogP contribution is -2.17. The van der Waals surface area contributed by atoms with E-state index in [9.17, 15) is 9.36 Å². The first-order valence-electron chi connectivity index (χ1n) is 9.91. The van der Waals surface area contributed by atoms with Crippen LogP contribution in [0.25, 0.3) is 0 Å². The van der Waals surface area contributed by atoms with Crippen molar-refractivity contribution < 1.29 is 18.4 Å². The Labute approximate surface area is 162 Å². The van der Waals surface area contributed by atoms with E-state index in [1.54, 1.807) is 12.1 Å². The molecule has 0 saturated carbocycles. The molecule has 1 aromatic carbocycles. The first-order valence-corrected chi connectivity index (χ1v) is 11.5. The molecular formula is C22H29O4P. The molecule has 1 aromatic rings. The zero-order valence-corrected chi connectivity index (χ0v) is 16.9. The molecule has 0 radical (unpaired) electrons. The van der Waals surface area contributed by atoms with E-state index in [1.807, 2.05) is 19.1 Å². The van der Waals surface area contributed by atoms with Gasteiger partial charge in [0.05, 0.1) is 13.2 Å². The number of benzene rings is 1. The second-order valence-electron chi connectivity index (χ2n) is 7.45. The van der Waals surface area contributed by atoms with Crippen molar-refractivity contribution >= 4 is 13.1 Å². The molecule has 0 spiro atoms. The maximum atomic E-state index is 13.5. The Kier molecular flexibility index (Phi) is 7.23. The summed E-state index contributed by atoms with van der Waals surface area (Å²) in [5.41, 5.74) is 0.671. The van der Waals surface area contributed by atoms with Gasteiger partial charge in [-0.3, -0.25) is 9.36 Å². The van der Waals surface area contributed by atoms with Crippen LogP contribution < -0.4 is 0 Å². The molecule has 0 N–H and O–H groups in total. The van der Waals surface area contributed by atoms with Gasteiger partial charge >= 0.3 is 7.60 Å². The summed E-state index contributed by atoms with van der Waals surface area (Å²) >= 11 is 0. The average molecular weight is 388 g/mol. The van der Waals surface area contributed by atoms with Crippen LogP contribution in [0.3, 0.4) is 0 Å². The Morgan fingerprint density at radius 3 is 2.04 bits per heavy atom. The Morgan fingerprint density at radius 1 is 1.00 bits per heavy atom. The molecule has 3 rings (SSSR count). The van der Waals surface area contributed by atoms with Crippen molar-refractivity contribution in [1.82, 2.24) is 0 Å². The van der Waals surface area contributed by atoms with Crippen molar-refractivity contribution in [3.63, 3.8) is 0 Å². The third kappa shape index (κ3) is 5.51. The van der Waals surface area contributed by atoms with E-state index in [0.29, 0.717) is 5.56 Å². The predicted molar refractivity (Wildman–Crippen MR) is 108 cm³/mol. The summed E-state index contributed by atoms with van der Waals surface area (Å²) in [5.74, 6) is 0.379. The van der Waals surface area contributed by atoms with Crippen LogP contribution in [0, 0.1) is 18.8 Å². The molecule has 146 valence electrons. The molecule has 0 fully saturated rings. The van der Waals surface area contributed by atoms with Gasteiger partial charge in [-0.25, -0.2) is 0 Å². The van der Waals surface area contributed by atoms with Gasteiger partial charge in [-0.2, -0.15) is 0 Å². The summed E-state index contributed by atoms with van der Waals surface area (Å²) in [6.45, 7) is 2.35. The van der Waals surface area contributed by atoms with E-state index >= 15 is 0 Å². The Balaban J connectivity index is 1.75. The second-order valence-corrected chi connectivity index (χ2v) is 9.36. The predicted octanol–water partition coefficient (Wildman–Crippen LogP) is 6.07. The topological polar surface area (TPSA) is 52.6 Å². The quantitative estimate of drug-likeness (QED) is 0.400. The van der Waals surface area contributed by atoms with E-state index in [2.05, 4.69) is 24.3 Å². The van der Waals surface area contributed by atoms with Crippen molar-refractivity contribution in [3.05, 3.63) is 59.7 Å². The second kappa shape index (κ2) is 9.64. The summed E-state index contributed by atoms with van der Waals surface area (Å²) in [7, 11) is -3.90. The Bertz CT molecular complexity index is 720. The maximum absolute atomic E-state index is 13.5. The van der Waals surface area contributed by atoms with Crippen LogP contribution in [-0.2, 0) is 13.6 Å². The van der Waals surface area contributed by atoms with Crippen LogP contribution in [-0.4, -0.2) is 18.7 Å². The highest BCUT2D eigenvalue weighted by atomic mass is 31.2. The summed E-state index contributed by atoms with van der Waals surface area (Å²) in [4.78, 5) is 13.1. The monoisotopic (exact) mass is 388 g/mol. The minimum absolute atomic E-state index is 0.190. The SMILES string of the molecule is Cc1ccccc1C(=O)P(=O)(OCC1C=CCCC1)OCC1C=CCCC1. The molecule has 0 heterocycles. The smallest absolute Gasteiger partial charge is 0.302 e. The molecule has 0 saturated heterocycles. The molecule has 2 unspecified atom stereocenters. The van der Waals surface area contributed by atoms with Crippen molar-refractivity contribution in [1.29, 1.82) is 0 Å². The van der Waals surface area contributed by atoms with Crippen molar-refractivity contribution in [2.24, 2.45) is 11.8 Å². The fourth-order valence-electron chi connectivity index (χ4n) is 3.55. The van der Waals surface area contributed by atoms with Gasteiger partial charge in [0.15, 0.2) is 0 Å². The van der Waals surface area contributed by atoms with Crippen LogP contribution in [0.1, 0.15) is 54.4 Å². The minimum atomic E-state index is -3.90. The third-order valence-electron chi connectivity index (χ3n) is 5.25. The fourth-order valence-corrected chi connectivity index (χ4v) is 5.18. The van der Waals surface area contributed by atoms with E-state index < -0.39 is 13.1 Å². The highest BCUT2D eigenvalue weighted by Crippen LogP contribution is 2.52. The Morgan fingerprint density at radius 2 is 1.56 bits per heavy atom. The molecule has 5 heteroatoms. The average Bonchev–Trinajstić information content (AvgIpc) is 2.72. The van der Waals surface area contributed by atoms with Crippen LogP contribution in [0.15, 0.2) is 48.6 Å². The van der Waals surface area contributed by atoms with Gasteiger partial charge in [0.1, 0.15) is 0 Å². The Hall–Kier alpha value is -1.48. The molecule has 0 amide bonds. The highest BCUT2D eigenvalue weighted by molar-refractivity contribution is 7.72. The number of rotatable bonds is 8. The number of aryl methyl sites for hydroxylation is 1. The molecule has 27 heavy (non-hydrogen) atoms. The van der Waals surface area contributed by atoms with Crippen LogP contribution in [0.5, 0.6) is 0 Å². The lowest BCUT2D eigenvalue weighted by atomic mass is 9.97. The molecule has 0 aromatic heterocycles. The lowest BCUT2D eigenvalue weighted by Gasteiger charge is -2.24. The number of hydrogen-bond acceptors (Lipinski definition) is 4. The van der Waals surface area contributed by atoms with Gasteiger partial charge in [-0.05, 0) is 51.0 Å². The third-order valence-corrected chi connectivity index (χ3v) is 6.97. The van der Waals surface area contributed by atoms with Gasteiger partial charge in [0, 0.05) is 17.4 Å². The highest BCUT2D eigenvalue weighted by Gasteiger charge is 2.38. The number of allylic oxidation sites excluding steroid dienone is 2. The first kappa shape index (κ1) is 20.3. The number of carbonyl (C=O) groups is 1. The van der Waals surface area contributed by atoms with Gasteiger partial charge in [0.25, 0.3) is 5.52 Å². The molecule has 4 nitrogen and oxygen atoms in total. The number of hydrogen-bond donors (Lipinski definition) is 0. The van der Waals surface area contributed by atoms with Gasteiger partial charge in [-0.1, -0.05) is 48.6 Å². The summed E-state index contributed by atoms with van der Waals surface area (Å²) in [6.07, 6.45) is 14.7. The summed E-state index contributed by atoms with van der Waals surface area (Å²) < 4.78 is 25.0. The minimum Gasteiger partial charge on any atom is -0.302 e. The zero-order valence-electron chi connectivity index (χ0n) is 16.0. The van der Waals surface area contributed by atoms with Gasteiger partial charge in [-0.15, -0.1) is 0 Å². The molecule has 2 aliphatic carbocycles. The molecule has 2 atom stereocenters. The standard InChI is InChI=1S/C22H29O4P/c1-18-10-8-9-15-21(18)22(23)27(24,25-16-19-11-4-2-5-12-19)26-17-20-13-6-3-7-14-20/h4,6,8-11,13,15,19-20H,2-3,5,7,12,14,16-17H2,1H3. The first-order chi connectivity index (χ1) is 13.1. The maximum Gasteiger partial charge on any atom is 0.401 e. The fraction of sp³-hybridized carbons (Fsp3) is 0.500. The molecule has 0 aliphatic heterocycles. The van der Waals surface area contributed by atoms with Crippen LogP contribution >= 0.6 is 7.60 Å². The lowest BCUT2D eigenvalue weighted by molar-refractivity contribution is 0.0971. The van der Waals surface area contributed by atoms with Gasteiger partial charge < -0.3 is 9.05 Å². The molecule has 2 aliphatic rings. The van der Waals surface area contributed by atoms with Crippen molar-refractivity contribution in [3.8, 4) is 0 Å². The van der Waals surface area contributed by atoms with Crippen molar-refractivity contribution in [2.75, 3.05) is 13.2 Å². The van der Waals surface area contributed by atoms with Crippen LogP contribution in [0.4, 0.5) is 0 Å². The van der Waals surface area contributed by atoms with Crippen LogP contribution in [0.2, 0.25) is 0 Å². The van der Waals surface area contributed by atoms with E-state index in [-0.39, 0.29) is 25.0 Å². The normalized spacial score (nSPS) is 24.5. The number of carbonyl (C=O) groups excluding carboxylic acids is 1. The largest absolute Gasteiger partial charge is 0.401 e. The van der Waals surface area contributed by atoms with E-state index in [4.69, 9.17) is 9.05 Å². The van der Waals surface area contributed by atoms with Gasteiger partial charge in [0.2, 0.25) is 0 Å². The molecular weight excluding hydrogens is 359 g/mol. The zero-order chi connectivity index (χ0) is 19.1. The molecule has 0 bridgehead atoms. The van der Waals surface area contributed by atoms with E-state index in [1.165, 1.54) is 0 Å². The van der Waals surface area contributed by atoms with E-state index in [0.717, 1.165) is 44.1 Å². The van der Waals surface area contributed by atoms with Crippen molar-refractivity contribution in [2.45, 2.75) is 45.4 Å².